The van der Waals surface area contributed by atoms with Crippen molar-refractivity contribution in [3.8, 4) is 0 Å². The third-order valence-electron chi connectivity index (χ3n) is 3.10. The molecule has 2 rings (SSSR count). The number of rotatable bonds is 4. The number of aliphatic imine (C=N–C) groups is 1. The van der Waals surface area contributed by atoms with Crippen LogP contribution in [-0.4, -0.2) is 5.84 Å². The van der Waals surface area contributed by atoms with E-state index in [2.05, 4.69) is 4.99 Å². The number of hydrogen-bond acceptors (Lipinski definition) is 1. The van der Waals surface area contributed by atoms with Crippen LogP contribution in [0.15, 0.2) is 29.3 Å². The van der Waals surface area contributed by atoms with Gasteiger partial charge in [0.15, 0.2) is 0 Å². The molecule has 2 nitrogen and oxygen atoms in total. The Balaban J connectivity index is 1.84. The van der Waals surface area contributed by atoms with Crippen LogP contribution in [-0.2, 0) is 6.54 Å². The summed E-state index contributed by atoms with van der Waals surface area (Å²) in [7, 11) is 0. The number of halogens is 1. The van der Waals surface area contributed by atoms with Crippen molar-refractivity contribution in [2.24, 2.45) is 16.6 Å². The van der Waals surface area contributed by atoms with Crippen LogP contribution in [0.25, 0.3) is 0 Å². The summed E-state index contributed by atoms with van der Waals surface area (Å²) in [5.41, 5.74) is 6.84. The fourth-order valence-electron chi connectivity index (χ4n) is 1.84. The van der Waals surface area contributed by atoms with Crippen molar-refractivity contribution in [2.45, 2.75) is 32.2 Å². The van der Waals surface area contributed by atoms with E-state index in [0.717, 1.165) is 23.7 Å². The first-order valence-electron chi connectivity index (χ1n) is 5.77. The van der Waals surface area contributed by atoms with Gasteiger partial charge in [0, 0.05) is 6.42 Å². The Kier molecular flexibility index (Phi) is 3.54. The third kappa shape index (κ3) is 3.05. The zero-order chi connectivity index (χ0) is 11.4. The lowest BCUT2D eigenvalue weighted by Crippen LogP contribution is -2.21. The van der Waals surface area contributed by atoms with Crippen molar-refractivity contribution >= 4 is 5.84 Å². The average molecular weight is 220 g/mol. The normalized spacial score (nSPS) is 17.2. The van der Waals surface area contributed by atoms with Gasteiger partial charge in [-0.15, -0.1) is 0 Å². The summed E-state index contributed by atoms with van der Waals surface area (Å²) in [4.78, 5) is 4.32. The molecule has 3 heteroatoms. The number of nitrogens with zero attached hydrogens (tertiary/aromatic N) is 1. The smallest absolute Gasteiger partial charge is 0.123 e. The van der Waals surface area contributed by atoms with Crippen molar-refractivity contribution in [1.82, 2.24) is 0 Å². The van der Waals surface area contributed by atoms with Gasteiger partial charge in [-0.1, -0.05) is 31.4 Å². The van der Waals surface area contributed by atoms with Crippen molar-refractivity contribution in [3.63, 3.8) is 0 Å². The summed E-state index contributed by atoms with van der Waals surface area (Å²) < 4.78 is 12.7. The molecule has 16 heavy (non-hydrogen) atoms. The Morgan fingerprint density at radius 3 is 2.56 bits per heavy atom. The highest BCUT2D eigenvalue weighted by atomic mass is 19.1. The van der Waals surface area contributed by atoms with E-state index in [9.17, 15) is 4.39 Å². The maximum Gasteiger partial charge on any atom is 0.123 e. The molecule has 0 heterocycles. The maximum atomic E-state index is 12.7. The van der Waals surface area contributed by atoms with Gasteiger partial charge in [-0.2, -0.15) is 0 Å². The van der Waals surface area contributed by atoms with E-state index in [-0.39, 0.29) is 5.82 Å². The van der Waals surface area contributed by atoms with Crippen LogP contribution < -0.4 is 5.73 Å². The van der Waals surface area contributed by atoms with Crippen LogP contribution in [0.3, 0.4) is 0 Å². The summed E-state index contributed by atoms with van der Waals surface area (Å²) >= 11 is 0. The van der Waals surface area contributed by atoms with E-state index in [1.165, 1.54) is 31.4 Å². The molecular formula is C13H17FN2. The summed E-state index contributed by atoms with van der Waals surface area (Å²) in [5, 5.41) is 0. The van der Waals surface area contributed by atoms with E-state index in [0.29, 0.717) is 6.54 Å². The maximum absolute atomic E-state index is 12.7. The molecule has 0 unspecified atom stereocenters. The second-order valence-electron chi connectivity index (χ2n) is 4.44. The van der Waals surface area contributed by atoms with Crippen LogP contribution in [0, 0.1) is 11.7 Å². The minimum Gasteiger partial charge on any atom is -0.387 e. The Bertz CT molecular complexity index is 366. The molecule has 1 fully saturated rings. The first kappa shape index (κ1) is 11.1. The summed E-state index contributed by atoms with van der Waals surface area (Å²) in [6.07, 6.45) is 4.82. The molecule has 0 aliphatic heterocycles. The van der Waals surface area contributed by atoms with Crippen molar-refractivity contribution < 1.29 is 4.39 Å². The number of nitrogens with two attached hydrogens (primary N) is 1. The molecule has 0 aromatic heterocycles. The van der Waals surface area contributed by atoms with Gasteiger partial charge in [0.05, 0.1) is 12.4 Å². The lowest BCUT2D eigenvalue weighted by Gasteiger charge is -2.24. The Hall–Kier alpha value is -1.38. The molecule has 0 atom stereocenters. The van der Waals surface area contributed by atoms with Crippen LogP contribution in [0.2, 0.25) is 0 Å². The Labute approximate surface area is 95.4 Å². The zero-order valence-electron chi connectivity index (χ0n) is 9.32. The van der Waals surface area contributed by atoms with E-state index >= 15 is 0 Å². The van der Waals surface area contributed by atoms with Gasteiger partial charge in [0.2, 0.25) is 0 Å². The third-order valence-corrected chi connectivity index (χ3v) is 3.10. The molecule has 1 aromatic rings. The van der Waals surface area contributed by atoms with Crippen molar-refractivity contribution in [1.29, 1.82) is 0 Å². The van der Waals surface area contributed by atoms with Crippen LogP contribution >= 0.6 is 0 Å². The molecule has 1 aromatic carbocycles. The molecule has 0 saturated heterocycles. The van der Waals surface area contributed by atoms with E-state index < -0.39 is 0 Å². The fourth-order valence-corrected chi connectivity index (χ4v) is 1.84. The van der Waals surface area contributed by atoms with Crippen molar-refractivity contribution in [3.05, 3.63) is 35.6 Å². The minimum atomic E-state index is -0.213. The van der Waals surface area contributed by atoms with Gasteiger partial charge in [-0.05, 0) is 23.6 Å². The molecular weight excluding hydrogens is 203 g/mol. The van der Waals surface area contributed by atoms with Gasteiger partial charge in [0.25, 0.3) is 0 Å². The average Bonchev–Trinajstić information content (AvgIpc) is 2.23. The second kappa shape index (κ2) is 5.10. The number of amidine groups is 1. The standard InChI is InChI=1S/C13H17FN2/c14-12-6-4-11(5-7-12)9-16-13(15)8-10-2-1-3-10/h4-7,10H,1-3,8-9H2,(H2,15,16). The minimum absolute atomic E-state index is 0.213. The van der Waals surface area contributed by atoms with Gasteiger partial charge in [0.1, 0.15) is 5.82 Å². The lowest BCUT2D eigenvalue weighted by atomic mass is 9.83. The topological polar surface area (TPSA) is 38.4 Å². The van der Waals surface area contributed by atoms with Gasteiger partial charge in [-0.3, -0.25) is 4.99 Å². The molecule has 1 saturated carbocycles. The van der Waals surface area contributed by atoms with E-state index in [1.54, 1.807) is 12.1 Å². The lowest BCUT2D eigenvalue weighted by molar-refractivity contribution is 0.326. The zero-order valence-corrected chi connectivity index (χ0v) is 9.32. The Morgan fingerprint density at radius 2 is 2.00 bits per heavy atom. The quantitative estimate of drug-likeness (QED) is 0.615. The second-order valence-corrected chi connectivity index (χ2v) is 4.44. The molecule has 0 spiro atoms. The van der Waals surface area contributed by atoms with E-state index in [1.807, 2.05) is 0 Å². The predicted molar refractivity (Wildman–Crippen MR) is 63.7 cm³/mol. The monoisotopic (exact) mass is 220 g/mol. The van der Waals surface area contributed by atoms with Crippen LogP contribution in [0.5, 0.6) is 0 Å². The van der Waals surface area contributed by atoms with Crippen LogP contribution in [0.1, 0.15) is 31.2 Å². The SMILES string of the molecule is NC(CC1CCC1)=NCc1ccc(F)cc1. The first-order valence-corrected chi connectivity index (χ1v) is 5.77. The highest BCUT2D eigenvalue weighted by Crippen LogP contribution is 2.29. The highest BCUT2D eigenvalue weighted by Gasteiger charge is 2.18. The number of benzene rings is 1. The molecule has 1 aliphatic carbocycles. The van der Waals surface area contributed by atoms with E-state index in [4.69, 9.17) is 5.73 Å². The molecule has 1 aliphatic rings. The Morgan fingerprint density at radius 1 is 1.31 bits per heavy atom. The molecule has 0 radical (unpaired) electrons. The highest BCUT2D eigenvalue weighted by molar-refractivity contribution is 5.80. The van der Waals surface area contributed by atoms with Gasteiger partial charge in [-0.25, -0.2) is 4.39 Å². The molecule has 0 amide bonds. The largest absolute Gasteiger partial charge is 0.387 e. The first-order chi connectivity index (χ1) is 7.74. The van der Waals surface area contributed by atoms with Gasteiger partial charge >= 0.3 is 0 Å². The van der Waals surface area contributed by atoms with Gasteiger partial charge < -0.3 is 5.73 Å². The summed E-state index contributed by atoms with van der Waals surface area (Å²) in [5.74, 6) is 1.26. The summed E-state index contributed by atoms with van der Waals surface area (Å²) in [6, 6.07) is 6.39. The number of hydrogen-bond donors (Lipinski definition) is 1. The fraction of sp³-hybridized carbons (Fsp3) is 0.462. The molecule has 86 valence electrons. The molecule has 0 bridgehead atoms. The predicted octanol–water partition coefficient (Wildman–Crippen LogP) is 2.87. The summed E-state index contributed by atoms with van der Waals surface area (Å²) in [6.45, 7) is 0.554. The van der Waals surface area contributed by atoms with Crippen molar-refractivity contribution in [2.75, 3.05) is 0 Å². The molecule has 2 N–H and O–H groups in total. The van der Waals surface area contributed by atoms with Crippen LogP contribution in [0.4, 0.5) is 4.39 Å².